The number of nitrogens with zero attached hydrogens (tertiary/aromatic N) is 4. The van der Waals surface area contributed by atoms with E-state index in [-0.39, 0.29) is 5.91 Å². The van der Waals surface area contributed by atoms with Gasteiger partial charge in [-0.25, -0.2) is 0 Å². The fraction of sp³-hybridized carbons (Fsp3) is 0.429. The first-order valence-corrected chi connectivity index (χ1v) is 12.5. The van der Waals surface area contributed by atoms with Gasteiger partial charge in [-0.15, -0.1) is 0 Å². The highest BCUT2D eigenvalue weighted by Crippen LogP contribution is 2.30. The lowest BCUT2D eigenvalue weighted by atomic mass is 10.0. The van der Waals surface area contributed by atoms with Gasteiger partial charge in [0.1, 0.15) is 5.75 Å². The molecule has 0 aliphatic carbocycles. The van der Waals surface area contributed by atoms with Crippen LogP contribution in [0.1, 0.15) is 54.1 Å². The number of benzene rings is 2. The lowest BCUT2D eigenvalue weighted by Gasteiger charge is -2.33. The van der Waals surface area contributed by atoms with Crippen LogP contribution < -0.4 is 4.74 Å². The van der Waals surface area contributed by atoms with Crippen LogP contribution in [0.4, 0.5) is 0 Å². The first kappa shape index (κ1) is 22.5. The number of ether oxygens (including phenoxy) is 1. The summed E-state index contributed by atoms with van der Waals surface area (Å²) in [6.07, 6.45) is 7.77. The number of rotatable bonds is 7. The zero-order valence-electron chi connectivity index (χ0n) is 19.7. The van der Waals surface area contributed by atoms with Crippen molar-refractivity contribution >= 4 is 16.8 Å². The standard InChI is InChI=1S/C28H32N4O2/c29-21-22-4-6-23(7-5-22)28(33)31-16-11-25(12-17-31)32-18-10-24-20-26(8-9-27(24)32)34-19-3-15-30-13-1-2-14-30/h4-10,18,20,25H,1-3,11-17,19H2. The summed E-state index contributed by atoms with van der Waals surface area (Å²) in [7, 11) is 0. The third-order valence-electron chi connectivity index (χ3n) is 7.18. The van der Waals surface area contributed by atoms with Gasteiger partial charge in [0.05, 0.1) is 18.2 Å². The monoisotopic (exact) mass is 456 g/mol. The Balaban J connectivity index is 1.15. The van der Waals surface area contributed by atoms with E-state index in [9.17, 15) is 4.79 Å². The molecule has 176 valence electrons. The minimum absolute atomic E-state index is 0.0480. The second-order valence-electron chi connectivity index (χ2n) is 9.41. The molecule has 0 spiro atoms. The van der Waals surface area contributed by atoms with Gasteiger partial charge in [0, 0.05) is 48.3 Å². The van der Waals surface area contributed by atoms with Gasteiger partial charge in [-0.2, -0.15) is 5.26 Å². The Morgan fingerprint density at radius 3 is 2.50 bits per heavy atom. The molecule has 2 aromatic carbocycles. The number of hydrogen-bond donors (Lipinski definition) is 0. The van der Waals surface area contributed by atoms with Crippen LogP contribution in [0.5, 0.6) is 5.75 Å². The molecule has 0 N–H and O–H groups in total. The van der Waals surface area contributed by atoms with Crippen molar-refractivity contribution < 1.29 is 9.53 Å². The van der Waals surface area contributed by atoms with Gasteiger partial charge in [0.15, 0.2) is 0 Å². The number of carbonyl (C=O) groups is 1. The summed E-state index contributed by atoms with van der Waals surface area (Å²) in [5.41, 5.74) is 2.45. The molecular formula is C28H32N4O2. The Morgan fingerprint density at radius 2 is 1.76 bits per heavy atom. The SMILES string of the molecule is N#Cc1ccc(C(=O)N2CCC(n3ccc4cc(OCCCN5CCCC5)ccc43)CC2)cc1. The van der Waals surface area contributed by atoms with Crippen molar-refractivity contribution in [3.05, 3.63) is 65.9 Å². The third-order valence-corrected chi connectivity index (χ3v) is 7.18. The normalized spacial score (nSPS) is 17.2. The molecule has 34 heavy (non-hydrogen) atoms. The average molecular weight is 457 g/mol. The Kier molecular flexibility index (Phi) is 6.82. The van der Waals surface area contributed by atoms with Crippen LogP contribution in [0.15, 0.2) is 54.7 Å². The lowest BCUT2D eigenvalue weighted by molar-refractivity contribution is 0.0696. The molecule has 2 saturated heterocycles. The summed E-state index contributed by atoms with van der Waals surface area (Å²) < 4.78 is 8.38. The number of hydrogen-bond acceptors (Lipinski definition) is 4. The number of carbonyl (C=O) groups excluding carboxylic acids is 1. The summed E-state index contributed by atoms with van der Waals surface area (Å²) in [4.78, 5) is 17.3. The fourth-order valence-electron chi connectivity index (χ4n) is 5.25. The highest BCUT2D eigenvalue weighted by molar-refractivity contribution is 5.94. The molecule has 2 fully saturated rings. The molecule has 1 amide bonds. The maximum absolute atomic E-state index is 12.8. The van der Waals surface area contributed by atoms with E-state index in [1.54, 1.807) is 24.3 Å². The minimum Gasteiger partial charge on any atom is -0.494 e. The van der Waals surface area contributed by atoms with E-state index in [4.69, 9.17) is 10.00 Å². The van der Waals surface area contributed by atoms with Crippen LogP contribution in [0.25, 0.3) is 10.9 Å². The average Bonchev–Trinajstić information content (AvgIpc) is 3.56. The fourth-order valence-corrected chi connectivity index (χ4v) is 5.25. The van der Waals surface area contributed by atoms with Crippen LogP contribution in [-0.2, 0) is 0 Å². The Labute approximate surface area is 201 Å². The van der Waals surface area contributed by atoms with Crippen LogP contribution in [-0.4, -0.2) is 59.6 Å². The second kappa shape index (κ2) is 10.3. The summed E-state index contributed by atoms with van der Waals surface area (Å²) in [6.45, 7) is 5.84. The van der Waals surface area contributed by atoms with Crippen molar-refractivity contribution in [1.29, 1.82) is 5.26 Å². The van der Waals surface area contributed by atoms with Gasteiger partial charge in [-0.05, 0) is 93.7 Å². The van der Waals surface area contributed by atoms with E-state index in [1.165, 1.54) is 36.8 Å². The molecule has 0 unspecified atom stereocenters. The van der Waals surface area contributed by atoms with E-state index >= 15 is 0 Å². The van der Waals surface area contributed by atoms with E-state index in [0.717, 1.165) is 51.3 Å². The quantitative estimate of drug-likeness (QED) is 0.477. The maximum atomic E-state index is 12.8. The number of piperidine rings is 1. The van der Waals surface area contributed by atoms with Gasteiger partial charge in [-0.3, -0.25) is 4.79 Å². The number of aromatic nitrogens is 1. The first-order valence-electron chi connectivity index (χ1n) is 12.5. The molecule has 6 heteroatoms. The molecule has 0 bridgehead atoms. The van der Waals surface area contributed by atoms with Gasteiger partial charge < -0.3 is 19.1 Å². The zero-order chi connectivity index (χ0) is 23.3. The molecule has 0 saturated carbocycles. The molecule has 2 aliphatic heterocycles. The summed E-state index contributed by atoms with van der Waals surface area (Å²) in [5, 5.41) is 10.2. The lowest BCUT2D eigenvalue weighted by Crippen LogP contribution is -2.39. The van der Waals surface area contributed by atoms with Crippen molar-refractivity contribution in [2.75, 3.05) is 39.3 Å². The van der Waals surface area contributed by atoms with Crippen molar-refractivity contribution in [1.82, 2.24) is 14.4 Å². The van der Waals surface area contributed by atoms with Crippen LogP contribution in [0.3, 0.4) is 0 Å². The van der Waals surface area contributed by atoms with Crippen molar-refractivity contribution in [3.8, 4) is 11.8 Å². The third kappa shape index (κ3) is 4.95. The summed E-state index contributed by atoms with van der Waals surface area (Å²) >= 11 is 0. The van der Waals surface area contributed by atoms with E-state index in [2.05, 4.69) is 46.0 Å². The Hall–Kier alpha value is -3.30. The van der Waals surface area contributed by atoms with Gasteiger partial charge in [-0.1, -0.05) is 0 Å². The number of nitriles is 1. The molecule has 6 nitrogen and oxygen atoms in total. The highest BCUT2D eigenvalue weighted by Gasteiger charge is 2.25. The molecule has 3 heterocycles. The predicted molar refractivity (Wildman–Crippen MR) is 133 cm³/mol. The molecule has 3 aromatic rings. The molecule has 0 atom stereocenters. The largest absolute Gasteiger partial charge is 0.494 e. The molecule has 2 aliphatic rings. The van der Waals surface area contributed by atoms with E-state index in [0.29, 0.717) is 17.2 Å². The maximum Gasteiger partial charge on any atom is 0.253 e. The topological polar surface area (TPSA) is 61.5 Å². The molecule has 0 radical (unpaired) electrons. The van der Waals surface area contributed by atoms with Crippen molar-refractivity contribution in [3.63, 3.8) is 0 Å². The molecule has 5 rings (SSSR count). The van der Waals surface area contributed by atoms with Gasteiger partial charge >= 0.3 is 0 Å². The predicted octanol–water partition coefficient (Wildman–Crippen LogP) is 4.85. The van der Waals surface area contributed by atoms with Gasteiger partial charge in [0.2, 0.25) is 0 Å². The van der Waals surface area contributed by atoms with Gasteiger partial charge in [0.25, 0.3) is 5.91 Å². The van der Waals surface area contributed by atoms with Crippen molar-refractivity contribution in [2.24, 2.45) is 0 Å². The molecular weight excluding hydrogens is 424 g/mol. The summed E-state index contributed by atoms with van der Waals surface area (Å²) in [6, 6.07) is 17.9. The minimum atomic E-state index is 0.0480. The molecule has 1 aromatic heterocycles. The number of likely N-dealkylation sites (tertiary alicyclic amines) is 2. The van der Waals surface area contributed by atoms with E-state index < -0.39 is 0 Å². The summed E-state index contributed by atoms with van der Waals surface area (Å²) in [5.74, 6) is 0.987. The second-order valence-corrected chi connectivity index (χ2v) is 9.41. The zero-order valence-corrected chi connectivity index (χ0v) is 19.7. The van der Waals surface area contributed by atoms with Crippen molar-refractivity contribution in [2.45, 2.75) is 38.1 Å². The number of amides is 1. The van der Waals surface area contributed by atoms with Crippen LogP contribution in [0.2, 0.25) is 0 Å². The number of fused-ring (bicyclic) bond motifs is 1. The van der Waals surface area contributed by atoms with Crippen LogP contribution >= 0.6 is 0 Å². The Morgan fingerprint density at radius 1 is 1.00 bits per heavy atom. The Bertz CT molecular complexity index is 1160. The smallest absolute Gasteiger partial charge is 0.253 e. The van der Waals surface area contributed by atoms with E-state index in [1.807, 2.05) is 4.90 Å². The highest BCUT2D eigenvalue weighted by atomic mass is 16.5. The first-order chi connectivity index (χ1) is 16.7. The van der Waals surface area contributed by atoms with Crippen LogP contribution in [0, 0.1) is 11.3 Å².